The number of aromatic nitrogens is 2. The van der Waals surface area contributed by atoms with Crippen LogP contribution in [0, 0.1) is 11.8 Å². The van der Waals surface area contributed by atoms with Gasteiger partial charge >= 0.3 is 6.18 Å². The lowest BCUT2D eigenvalue weighted by molar-refractivity contribution is -0.137. The van der Waals surface area contributed by atoms with Crippen molar-refractivity contribution in [2.45, 2.75) is 13.1 Å². The molecule has 1 heterocycles. The average molecular weight is 255 g/mol. The van der Waals surface area contributed by atoms with E-state index in [4.69, 9.17) is 0 Å². The van der Waals surface area contributed by atoms with Gasteiger partial charge in [0, 0.05) is 11.9 Å². The van der Waals surface area contributed by atoms with Gasteiger partial charge in [-0.3, -0.25) is 0 Å². The number of aryl methyl sites for hydroxylation is 1. The van der Waals surface area contributed by atoms with Crippen LogP contribution >= 0.6 is 0 Å². The highest BCUT2D eigenvalue weighted by Gasteiger charge is 2.31. The summed E-state index contributed by atoms with van der Waals surface area (Å²) in [5.41, 5.74) is -0.333. The van der Waals surface area contributed by atoms with E-state index in [0.29, 0.717) is 11.8 Å². The lowest BCUT2D eigenvalue weighted by atomic mass is 10.1. The Morgan fingerprint density at radius 3 is 2.50 bits per heavy atom. The predicted octanol–water partition coefficient (Wildman–Crippen LogP) is 3.60. The molecule has 2 rings (SSSR count). The van der Waals surface area contributed by atoms with Crippen LogP contribution in [0.15, 0.2) is 35.9 Å². The molecule has 0 bridgehead atoms. The standard InChI is InChI=1S/C11H8F3N3O/c1-7-5-17(6-15-7)10-3-8(11(12,13)14)2-9(4-10)16-18/h2-6H,1H3. The van der Waals surface area contributed by atoms with Crippen LogP contribution in [0.3, 0.4) is 0 Å². The van der Waals surface area contributed by atoms with Gasteiger partial charge in [-0.05, 0) is 30.3 Å². The summed E-state index contributed by atoms with van der Waals surface area (Å²) in [4.78, 5) is 14.3. The number of nitroso groups, excluding NO2 is 1. The maximum absolute atomic E-state index is 12.6. The number of benzene rings is 1. The summed E-state index contributed by atoms with van der Waals surface area (Å²) in [7, 11) is 0. The average Bonchev–Trinajstić information content (AvgIpc) is 2.74. The molecule has 0 fully saturated rings. The maximum atomic E-state index is 12.6. The van der Waals surface area contributed by atoms with Crippen molar-refractivity contribution in [3.05, 3.63) is 46.9 Å². The minimum absolute atomic E-state index is 0.194. The van der Waals surface area contributed by atoms with E-state index in [1.165, 1.54) is 17.0 Å². The number of alkyl halides is 3. The molecule has 0 aliphatic carbocycles. The Labute approximate surface area is 100 Å². The van der Waals surface area contributed by atoms with Crippen molar-refractivity contribution < 1.29 is 13.2 Å². The van der Waals surface area contributed by atoms with Gasteiger partial charge in [-0.2, -0.15) is 13.2 Å². The molecule has 1 aromatic carbocycles. The molecule has 18 heavy (non-hydrogen) atoms. The lowest BCUT2D eigenvalue weighted by Crippen LogP contribution is -2.05. The summed E-state index contributed by atoms with van der Waals surface area (Å²) in [5.74, 6) is 0. The molecule has 94 valence electrons. The molecule has 7 heteroatoms. The van der Waals surface area contributed by atoms with E-state index in [2.05, 4.69) is 10.2 Å². The molecule has 0 amide bonds. The molecule has 0 aliphatic heterocycles. The van der Waals surface area contributed by atoms with Crippen LogP contribution in [0.25, 0.3) is 5.69 Å². The number of imidazole rings is 1. The molecular weight excluding hydrogens is 247 g/mol. The minimum atomic E-state index is -4.52. The topological polar surface area (TPSA) is 47.2 Å². The highest BCUT2D eigenvalue weighted by atomic mass is 19.4. The van der Waals surface area contributed by atoms with Gasteiger partial charge in [0.25, 0.3) is 0 Å². The normalized spacial score (nSPS) is 11.6. The highest BCUT2D eigenvalue weighted by Crippen LogP contribution is 2.33. The lowest BCUT2D eigenvalue weighted by Gasteiger charge is -2.10. The molecule has 1 aromatic heterocycles. The van der Waals surface area contributed by atoms with E-state index in [9.17, 15) is 18.1 Å². The summed E-state index contributed by atoms with van der Waals surface area (Å²) >= 11 is 0. The first-order valence-electron chi connectivity index (χ1n) is 4.97. The molecule has 0 spiro atoms. The highest BCUT2D eigenvalue weighted by molar-refractivity contribution is 5.51. The SMILES string of the molecule is Cc1cn(-c2cc(N=O)cc(C(F)(F)F)c2)cn1. The Kier molecular flexibility index (Phi) is 2.90. The Hall–Kier alpha value is -2.18. The molecule has 0 saturated carbocycles. The second-order valence-corrected chi connectivity index (χ2v) is 3.75. The zero-order valence-electron chi connectivity index (χ0n) is 9.27. The molecule has 0 unspecified atom stereocenters. The Balaban J connectivity index is 2.57. The van der Waals surface area contributed by atoms with Gasteiger partial charge < -0.3 is 4.57 Å². The fourth-order valence-electron chi connectivity index (χ4n) is 1.52. The van der Waals surface area contributed by atoms with Crippen LogP contribution in [-0.2, 0) is 6.18 Å². The minimum Gasteiger partial charge on any atom is -0.306 e. The monoisotopic (exact) mass is 255 g/mol. The quantitative estimate of drug-likeness (QED) is 0.770. The summed E-state index contributed by atoms with van der Waals surface area (Å²) < 4.78 is 39.3. The van der Waals surface area contributed by atoms with Gasteiger partial charge in [0.1, 0.15) is 5.69 Å². The summed E-state index contributed by atoms with van der Waals surface area (Å²) in [5, 5.41) is 2.55. The summed E-state index contributed by atoms with van der Waals surface area (Å²) in [6.45, 7) is 1.71. The third kappa shape index (κ3) is 2.39. The zero-order chi connectivity index (χ0) is 13.3. The fraction of sp³-hybridized carbons (Fsp3) is 0.182. The van der Waals surface area contributed by atoms with Gasteiger partial charge in [-0.25, -0.2) is 4.98 Å². The van der Waals surface area contributed by atoms with E-state index in [0.717, 1.165) is 6.07 Å². The van der Waals surface area contributed by atoms with Crippen LogP contribution in [0.2, 0.25) is 0 Å². The predicted molar refractivity (Wildman–Crippen MR) is 58.8 cm³/mol. The summed E-state index contributed by atoms with van der Waals surface area (Å²) in [6.07, 6.45) is -1.59. The number of halogens is 3. The van der Waals surface area contributed by atoms with Crippen LogP contribution < -0.4 is 0 Å². The Morgan fingerprint density at radius 2 is 2.00 bits per heavy atom. The third-order valence-corrected chi connectivity index (χ3v) is 2.35. The van der Waals surface area contributed by atoms with Gasteiger partial charge in [-0.15, -0.1) is 4.91 Å². The number of nitrogens with zero attached hydrogens (tertiary/aromatic N) is 3. The van der Waals surface area contributed by atoms with Crippen molar-refractivity contribution in [2.75, 3.05) is 0 Å². The van der Waals surface area contributed by atoms with Crippen LogP contribution in [-0.4, -0.2) is 9.55 Å². The molecular formula is C11H8F3N3O. The van der Waals surface area contributed by atoms with Gasteiger partial charge in [0.05, 0.1) is 17.6 Å². The second kappa shape index (κ2) is 4.25. The van der Waals surface area contributed by atoms with Gasteiger partial charge in [0.2, 0.25) is 0 Å². The van der Waals surface area contributed by atoms with Gasteiger partial charge in [0.15, 0.2) is 0 Å². The van der Waals surface area contributed by atoms with Crippen molar-refractivity contribution in [3.8, 4) is 5.69 Å². The fourth-order valence-corrected chi connectivity index (χ4v) is 1.52. The Bertz CT molecular complexity index is 589. The van der Waals surface area contributed by atoms with Gasteiger partial charge in [-0.1, -0.05) is 0 Å². The first-order chi connectivity index (χ1) is 8.40. The van der Waals surface area contributed by atoms with Crippen molar-refractivity contribution in [1.82, 2.24) is 9.55 Å². The molecule has 0 saturated heterocycles. The molecule has 0 aliphatic rings. The van der Waals surface area contributed by atoms with Crippen LogP contribution in [0.5, 0.6) is 0 Å². The number of rotatable bonds is 2. The zero-order valence-corrected chi connectivity index (χ0v) is 9.27. The van der Waals surface area contributed by atoms with Crippen molar-refractivity contribution >= 4 is 5.69 Å². The van der Waals surface area contributed by atoms with Crippen molar-refractivity contribution in [1.29, 1.82) is 0 Å². The molecule has 4 nitrogen and oxygen atoms in total. The van der Waals surface area contributed by atoms with E-state index in [-0.39, 0.29) is 11.4 Å². The number of hydrogen-bond donors (Lipinski definition) is 0. The number of hydrogen-bond acceptors (Lipinski definition) is 3. The summed E-state index contributed by atoms with van der Waals surface area (Å²) in [6, 6.07) is 2.92. The largest absolute Gasteiger partial charge is 0.416 e. The molecule has 2 aromatic rings. The van der Waals surface area contributed by atoms with E-state index in [1.807, 2.05) is 0 Å². The van der Waals surface area contributed by atoms with Crippen molar-refractivity contribution in [2.24, 2.45) is 5.18 Å². The molecule has 0 radical (unpaired) electrons. The first kappa shape index (κ1) is 12.3. The maximum Gasteiger partial charge on any atom is 0.416 e. The van der Waals surface area contributed by atoms with Crippen molar-refractivity contribution in [3.63, 3.8) is 0 Å². The molecule has 0 N–H and O–H groups in total. The van der Waals surface area contributed by atoms with Crippen LogP contribution in [0.4, 0.5) is 18.9 Å². The van der Waals surface area contributed by atoms with E-state index in [1.54, 1.807) is 13.1 Å². The smallest absolute Gasteiger partial charge is 0.306 e. The van der Waals surface area contributed by atoms with E-state index < -0.39 is 11.7 Å². The molecule has 0 atom stereocenters. The second-order valence-electron chi connectivity index (χ2n) is 3.75. The van der Waals surface area contributed by atoms with E-state index >= 15 is 0 Å². The van der Waals surface area contributed by atoms with Crippen LogP contribution in [0.1, 0.15) is 11.3 Å². The Morgan fingerprint density at radius 1 is 1.28 bits per heavy atom. The first-order valence-corrected chi connectivity index (χ1v) is 4.97. The third-order valence-electron chi connectivity index (χ3n) is 2.35.